The van der Waals surface area contributed by atoms with Gasteiger partial charge in [-0.1, -0.05) is 0 Å². The number of aromatic nitrogens is 1. The maximum Gasteiger partial charge on any atom is 0.357 e. The minimum absolute atomic E-state index is 0.250. The third-order valence-corrected chi connectivity index (χ3v) is 2.47. The van der Waals surface area contributed by atoms with E-state index in [1.807, 2.05) is 0 Å². The third-order valence-electron chi connectivity index (χ3n) is 1.66. The topological polar surface area (TPSA) is 65.5 Å². The van der Waals surface area contributed by atoms with E-state index in [9.17, 15) is 9.59 Å². The highest BCUT2D eigenvalue weighted by molar-refractivity contribution is 7.10. The van der Waals surface area contributed by atoms with Crippen molar-refractivity contribution >= 4 is 29.4 Å². The van der Waals surface area contributed by atoms with Crippen molar-refractivity contribution in [3.05, 3.63) is 22.2 Å². The van der Waals surface area contributed by atoms with Crippen LogP contribution in [0.2, 0.25) is 0 Å². The maximum atomic E-state index is 11.3. The van der Waals surface area contributed by atoms with Gasteiger partial charge in [0, 0.05) is 11.5 Å². The Morgan fingerprint density at radius 2 is 2.06 bits per heavy atom. The molecule has 0 fully saturated rings. The van der Waals surface area contributed by atoms with E-state index in [-0.39, 0.29) is 5.69 Å². The first-order chi connectivity index (χ1) is 8.17. The van der Waals surface area contributed by atoms with Crippen LogP contribution in [-0.4, -0.2) is 30.1 Å². The van der Waals surface area contributed by atoms with Crippen LogP contribution in [0, 0.1) is 0 Å². The van der Waals surface area contributed by atoms with E-state index in [1.54, 1.807) is 19.2 Å². The number of hydrogen-bond donors (Lipinski definition) is 0. The van der Waals surface area contributed by atoms with Gasteiger partial charge >= 0.3 is 11.9 Å². The molecule has 1 heterocycles. The number of rotatable bonds is 5. The fraction of sp³-hybridized carbons (Fsp3) is 0.364. The van der Waals surface area contributed by atoms with E-state index < -0.39 is 11.9 Å². The molecular formula is C11H13NO4S. The summed E-state index contributed by atoms with van der Waals surface area (Å²) in [6, 6.07) is 0. The van der Waals surface area contributed by atoms with Crippen molar-refractivity contribution in [1.82, 2.24) is 4.98 Å². The van der Waals surface area contributed by atoms with Crippen LogP contribution < -0.4 is 0 Å². The van der Waals surface area contributed by atoms with Crippen LogP contribution in [0.3, 0.4) is 0 Å². The summed E-state index contributed by atoms with van der Waals surface area (Å²) in [4.78, 5) is 26.4. The molecule has 5 nitrogen and oxygen atoms in total. The summed E-state index contributed by atoms with van der Waals surface area (Å²) >= 11 is 1.26. The van der Waals surface area contributed by atoms with Crippen LogP contribution in [0.15, 0.2) is 11.5 Å². The summed E-state index contributed by atoms with van der Waals surface area (Å²) < 4.78 is 9.51. The van der Waals surface area contributed by atoms with Crippen LogP contribution in [0.4, 0.5) is 0 Å². The van der Waals surface area contributed by atoms with Crippen LogP contribution in [0.5, 0.6) is 0 Å². The second-order valence-electron chi connectivity index (χ2n) is 2.88. The fourth-order valence-electron chi connectivity index (χ4n) is 0.993. The van der Waals surface area contributed by atoms with Crippen molar-refractivity contribution < 1.29 is 19.1 Å². The molecule has 6 heteroatoms. The van der Waals surface area contributed by atoms with Crippen LogP contribution in [0.25, 0.3) is 6.08 Å². The van der Waals surface area contributed by atoms with Crippen molar-refractivity contribution in [3.63, 3.8) is 0 Å². The zero-order valence-corrected chi connectivity index (χ0v) is 10.5. The summed E-state index contributed by atoms with van der Waals surface area (Å²) in [5.74, 6) is -0.889. The predicted octanol–water partition coefficient (Wildman–Crippen LogP) is 1.90. The summed E-state index contributed by atoms with van der Waals surface area (Å²) in [5, 5.41) is 2.14. The van der Waals surface area contributed by atoms with Crippen molar-refractivity contribution in [2.24, 2.45) is 0 Å². The third kappa shape index (κ3) is 4.36. The lowest BCUT2D eigenvalue weighted by Gasteiger charge is -1.95. The van der Waals surface area contributed by atoms with Gasteiger partial charge in [0.2, 0.25) is 0 Å². The normalized spacial score (nSPS) is 10.5. The Morgan fingerprint density at radius 3 is 2.71 bits per heavy atom. The van der Waals surface area contributed by atoms with Crippen LogP contribution in [0.1, 0.15) is 29.3 Å². The van der Waals surface area contributed by atoms with Crippen molar-refractivity contribution in [2.75, 3.05) is 13.2 Å². The number of thiazole rings is 1. The van der Waals surface area contributed by atoms with E-state index in [1.165, 1.54) is 23.5 Å². The lowest BCUT2D eigenvalue weighted by molar-refractivity contribution is -0.137. The molecule has 0 aliphatic rings. The van der Waals surface area contributed by atoms with E-state index in [0.717, 1.165) is 0 Å². The molecule has 0 N–H and O–H groups in total. The number of nitrogens with zero attached hydrogens (tertiary/aromatic N) is 1. The highest BCUT2D eigenvalue weighted by Gasteiger charge is 2.10. The van der Waals surface area contributed by atoms with Crippen molar-refractivity contribution in [2.45, 2.75) is 13.8 Å². The molecule has 17 heavy (non-hydrogen) atoms. The molecule has 92 valence electrons. The highest BCUT2D eigenvalue weighted by atomic mass is 32.1. The minimum atomic E-state index is -0.459. The minimum Gasteiger partial charge on any atom is -0.463 e. The van der Waals surface area contributed by atoms with Crippen LogP contribution >= 0.6 is 11.3 Å². The monoisotopic (exact) mass is 255 g/mol. The second kappa shape index (κ2) is 6.80. The maximum absolute atomic E-state index is 11.3. The summed E-state index contributed by atoms with van der Waals surface area (Å²) in [5.41, 5.74) is 0.250. The Labute approximate surface area is 103 Å². The largest absolute Gasteiger partial charge is 0.463 e. The summed E-state index contributed by atoms with van der Waals surface area (Å²) in [6.07, 6.45) is 2.78. The molecule has 1 aromatic rings. The number of esters is 2. The van der Waals surface area contributed by atoms with E-state index >= 15 is 0 Å². The molecule has 0 aromatic carbocycles. The van der Waals surface area contributed by atoms with Gasteiger partial charge in [0.1, 0.15) is 5.01 Å². The Bertz CT molecular complexity index is 425. The molecule has 0 saturated heterocycles. The van der Waals surface area contributed by atoms with Gasteiger partial charge in [-0.05, 0) is 19.9 Å². The first-order valence-electron chi connectivity index (χ1n) is 5.14. The average molecular weight is 255 g/mol. The van der Waals surface area contributed by atoms with Gasteiger partial charge in [-0.25, -0.2) is 14.6 Å². The van der Waals surface area contributed by atoms with Gasteiger partial charge in [0.05, 0.1) is 13.2 Å². The highest BCUT2D eigenvalue weighted by Crippen LogP contribution is 2.12. The first kappa shape index (κ1) is 13.4. The van der Waals surface area contributed by atoms with Gasteiger partial charge in [-0.3, -0.25) is 0 Å². The first-order valence-corrected chi connectivity index (χ1v) is 6.02. The van der Waals surface area contributed by atoms with Gasteiger partial charge in [0.25, 0.3) is 0 Å². The Kier molecular flexibility index (Phi) is 5.35. The smallest absolute Gasteiger partial charge is 0.357 e. The molecule has 0 unspecified atom stereocenters. The Balaban J connectivity index is 2.62. The SMILES string of the molecule is CCOC(=O)C=Cc1nc(C(=O)OCC)cs1. The number of carbonyl (C=O) groups excluding carboxylic acids is 2. The molecule has 0 aliphatic heterocycles. The summed E-state index contributed by atoms with van der Waals surface area (Å²) in [7, 11) is 0. The van der Waals surface area contributed by atoms with Gasteiger partial charge in [-0.15, -0.1) is 11.3 Å². The quantitative estimate of drug-likeness (QED) is 0.594. The van der Waals surface area contributed by atoms with Crippen LogP contribution in [-0.2, 0) is 14.3 Å². The second-order valence-corrected chi connectivity index (χ2v) is 3.77. The van der Waals surface area contributed by atoms with E-state index in [4.69, 9.17) is 9.47 Å². The standard InChI is InChI=1S/C11H13NO4S/c1-3-15-10(13)6-5-9-12-8(7-17-9)11(14)16-4-2/h5-7H,3-4H2,1-2H3. The molecule has 0 aliphatic carbocycles. The lowest BCUT2D eigenvalue weighted by Crippen LogP contribution is -2.04. The molecule has 0 atom stereocenters. The Hall–Kier alpha value is -1.69. The fourth-order valence-corrected chi connectivity index (χ4v) is 1.67. The predicted molar refractivity (Wildman–Crippen MR) is 63.7 cm³/mol. The van der Waals surface area contributed by atoms with Crippen molar-refractivity contribution in [1.29, 1.82) is 0 Å². The molecule has 0 saturated carbocycles. The van der Waals surface area contributed by atoms with Gasteiger partial charge in [0.15, 0.2) is 5.69 Å². The lowest BCUT2D eigenvalue weighted by atomic mass is 10.5. The molecular weight excluding hydrogens is 242 g/mol. The molecule has 0 bridgehead atoms. The molecule has 1 rings (SSSR count). The van der Waals surface area contributed by atoms with Gasteiger partial charge < -0.3 is 9.47 Å². The average Bonchev–Trinajstić information content (AvgIpc) is 2.76. The number of carbonyl (C=O) groups is 2. The van der Waals surface area contributed by atoms with Crippen molar-refractivity contribution in [3.8, 4) is 0 Å². The zero-order valence-electron chi connectivity index (χ0n) is 9.63. The molecule has 0 spiro atoms. The number of ether oxygens (including phenoxy) is 2. The van der Waals surface area contributed by atoms with Gasteiger partial charge in [-0.2, -0.15) is 0 Å². The van der Waals surface area contributed by atoms with E-state index in [0.29, 0.717) is 18.2 Å². The number of hydrogen-bond acceptors (Lipinski definition) is 6. The molecule has 0 radical (unpaired) electrons. The Morgan fingerprint density at radius 1 is 1.35 bits per heavy atom. The molecule has 1 aromatic heterocycles. The summed E-state index contributed by atoms with van der Waals surface area (Å²) in [6.45, 7) is 4.10. The zero-order chi connectivity index (χ0) is 12.7. The van der Waals surface area contributed by atoms with E-state index in [2.05, 4.69) is 4.98 Å². The molecule has 0 amide bonds.